The number of aliphatic hydroxyl groups is 1. The molecule has 0 spiro atoms. The van der Waals surface area contributed by atoms with E-state index in [4.69, 9.17) is 33.1 Å². The number of hydroxylamine groups is 2. The predicted molar refractivity (Wildman–Crippen MR) is 157 cm³/mol. The number of rotatable bonds is 9. The van der Waals surface area contributed by atoms with E-state index < -0.39 is 24.2 Å². The molecule has 2 amide bonds. The largest absolute Gasteiger partial charge is 0.395 e. The van der Waals surface area contributed by atoms with E-state index in [9.17, 15) is 19.1 Å². The van der Waals surface area contributed by atoms with E-state index in [-0.39, 0.29) is 25.1 Å². The van der Waals surface area contributed by atoms with Crippen LogP contribution in [0.5, 0.6) is 0 Å². The van der Waals surface area contributed by atoms with Gasteiger partial charge in [-0.1, -0.05) is 47.5 Å². The Morgan fingerprint density at radius 3 is 2.53 bits per heavy atom. The minimum Gasteiger partial charge on any atom is -0.395 e. The molecule has 43 heavy (non-hydrogen) atoms. The van der Waals surface area contributed by atoms with E-state index in [2.05, 4.69) is 4.98 Å². The average molecular weight is 625 g/mol. The van der Waals surface area contributed by atoms with Crippen molar-refractivity contribution in [3.8, 4) is 0 Å². The Kier molecular flexibility index (Phi) is 7.95. The van der Waals surface area contributed by atoms with Crippen molar-refractivity contribution in [3.05, 3.63) is 117 Å². The number of fused-ring (bicyclic) bond motifs is 1. The molecule has 0 bridgehead atoms. The summed E-state index contributed by atoms with van der Waals surface area (Å²) in [5.41, 5.74) is 1.79. The van der Waals surface area contributed by atoms with Crippen LogP contribution in [0.2, 0.25) is 10.0 Å². The van der Waals surface area contributed by atoms with Crippen LogP contribution in [0.15, 0.2) is 73.1 Å². The van der Waals surface area contributed by atoms with Gasteiger partial charge in [-0.2, -0.15) is 10.2 Å². The summed E-state index contributed by atoms with van der Waals surface area (Å²) in [6.07, 6.45) is 3.96. The minimum atomic E-state index is -1.39. The number of hydrogen-bond acceptors (Lipinski definition) is 6. The number of aromatic nitrogens is 3. The Labute approximate surface area is 257 Å². The van der Waals surface area contributed by atoms with Crippen LogP contribution in [-0.4, -0.2) is 61.7 Å². The first-order valence-corrected chi connectivity index (χ1v) is 14.5. The number of carbonyl (C=O) groups excluding carboxylic acids is 2. The van der Waals surface area contributed by atoms with E-state index in [0.717, 1.165) is 11.5 Å². The maximum absolute atomic E-state index is 14.0. The number of aliphatic hydroxyl groups excluding tert-OH is 1. The van der Waals surface area contributed by atoms with Gasteiger partial charge in [0.1, 0.15) is 11.7 Å². The summed E-state index contributed by atoms with van der Waals surface area (Å²) in [5.74, 6) is -1.24. The van der Waals surface area contributed by atoms with Gasteiger partial charge < -0.3 is 10.0 Å². The van der Waals surface area contributed by atoms with Crippen molar-refractivity contribution in [1.29, 1.82) is 0 Å². The Morgan fingerprint density at radius 1 is 1.14 bits per heavy atom. The molecule has 4 heterocycles. The highest BCUT2D eigenvalue weighted by atomic mass is 35.5. The topological polar surface area (TPSA) is 101 Å². The average Bonchev–Trinajstić information content (AvgIpc) is 3.52. The number of halogens is 3. The smallest absolute Gasteiger partial charge is 0.279 e. The fourth-order valence-corrected chi connectivity index (χ4v) is 6.43. The van der Waals surface area contributed by atoms with Gasteiger partial charge in [0.15, 0.2) is 0 Å². The zero-order valence-corrected chi connectivity index (χ0v) is 24.7. The van der Waals surface area contributed by atoms with Crippen molar-refractivity contribution in [2.24, 2.45) is 0 Å². The van der Waals surface area contributed by atoms with Gasteiger partial charge >= 0.3 is 0 Å². The van der Waals surface area contributed by atoms with E-state index in [1.54, 1.807) is 70.4 Å². The fraction of sp³-hybridized carbons (Fsp3) is 0.290. The first kappa shape index (κ1) is 29.3. The number of pyridine rings is 1. The molecule has 2 aliphatic heterocycles. The summed E-state index contributed by atoms with van der Waals surface area (Å²) in [4.78, 5) is 37.7. The predicted octanol–water partition coefficient (Wildman–Crippen LogP) is 5.26. The first-order chi connectivity index (χ1) is 20.8. The van der Waals surface area contributed by atoms with Crippen LogP contribution < -0.4 is 0 Å². The maximum Gasteiger partial charge on any atom is 0.279 e. The Morgan fingerprint density at radius 2 is 1.91 bits per heavy atom. The van der Waals surface area contributed by atoms with Crippen LogP contribution in [0.3, 0.4) is 0 Å². The highest BCUT2D eigenvalue weighted by molar-refractivity contribution is 6.30. The Hall–Kier alpha value is -3.83. The van der Waals surface area contributed by atoms with E-state index >= 15 is 0 Å². The van der Waals surface area contributed by atoms with Crippen molar-refractivity contribution in [1.82, 2.24) is 24.7 Å². The summed E-state index contributed by atoms with van der Waals surface area (Å²) in [5, 5.41) is 17.6. The van der Waals surface area contributed by atoms with Gasteiger partial charge in [0.05, 0.1) is 23.2 Å². The summed E-state index contributed by atoms with van der Waals surface area (Å²) >= 11 is 12.4. The van der Waals surface area contributed by atoms with E-state index in [1.807, 2.05) is 6.07 Å². The third kappa shape index (κ3) is 4.98. The monoisotopic (exact) mass is 623 g/mol. The number of hydrogen-bond donors (Lipinski definition) is 1. The van der Waals surface area contributed by atoms with Gasteiger partial charge in [0, 0.05) is 60.5 Å². The van der Waals surface area contributed by atoms with Crippen molar-refractivity contribution in [3.63, 3.8) is 0 Å². The molecule has 6 rings (SSSR count). The number of carbonyl (C=O) groups is 2. The molecule has 1 N–H and O–H groups in total. The van der Waals surface area contributed by atoms with Crippen molar-refractivity contribution in [2.75, 3.05) is 20.0 Å². The summed E-state index contributed by atoms with van der Waals surface area (Å²) in [6.45, 7) is 0.594. The van der Waals surface area contributed by atoms with Crippen molar-refractivity contribution >= 4 is 35.0 Å². The lowest BCUT2D eigenvalue weighted by Crippen LogP contribution is -2.47. The molecule has 0 aliphatic carbocycles. The molecular weight excluding hydrogens is 596 g/mol. The lowest BCUT2D eigenvalue weighted by Gasteiger charge is -2.40. The molecular formula is C31H28Cl2FN5O4. The minimum absolute atomic E-state index is 0.0390. The quantitative estimate of drug-likeness (QED) is 0.273. The molecule has 12 heteroatoms. The molecule has 3 atom stereocenters. The van der Waals surface area contributed by atoms with E-state index in [1.165, 1.54) is 13.1 Å². The summed E-state index contributed by atoms with van der Waals surface area (Å²) in [6, 6.07) is 17.4. The highest BCUT2D eigenvalue weighted by Gasteiger charge is 2.54. The molecule has 1 saturated heterocycles. The van der Waals surface area contributed by atoms with Gasteiger partial charge in [0.2, 0.25) is 12.8 Å². The third-order valence-electron chi connectivity index (χ3n) is 8.24. The number of nitrogens with zero attached hydrogens (tertiary/aromatic N) is 5. The van der Waals surface area contributed by atoms with Gasteiger partial charge in [-0.3, -0.25) is 14.6 Å². The van der Waals surface area contributed by atoms with Crippen LogP contribution in [-0.2, 0) is 21.6 Å². The number of alkyl halides is 1. The van der Waals surface area contributed by atoms with Gasteiger partial charge in [-0.25, -0.2) is 13.9 Å². The second-order valence-corrected chi connectivity index (χ2v) is 11.4. The molecule has 0 saturated carbocycles. The molecule has 2 aromatic heterocycles. The molecule has 1 fully saturated rings. The molecule has 0 radical (unpaired) electrons. The number of likely N-dealkylation sites (tertiary alicyclic amines) is 1. The zero-order valence-electron chi connectivity index (χ0n) is 23.2. The lowest BCUT2D eigenvalue weighted by atomic mass is 9.75. The highest BCUT2D eigenvalue weighted by Crippen LogP contribution is 2.50. The fourth-order valence-electron chi connectivity index (χ4n) is 6.20. The van der Waals surface area contributed by atoms with Crippen LogP contribution in [0, 0.1) is 0 Å². The molecule has 222 valence electrons. The van der Waals surface area contributed by atoms with Gasteiger partial charge in [0.25, 0.3) is 5.91 Å². The first-order valence-electron chi connectivity index (χ1n) is 13.7. The normalized spacial score (nSPS) is 20.2. The van der Waals surface area contributed by atoms with Crippen molar-refractivity contribution < 1.29 is 23.9 Å². The standard InChI is InChI=1S/C31H28Cl2FN5O4/c1-19(41)37-13-12-28(37)38-14-11-27(36-38)26(17-40)24-3-2-4-25-29(24)31(39(30(25)42)43-18-34,20-5-7-21(32)8-6-20)15-23-10-9-22(33)16-35-23/h2-11,14,16,26,28,40H,12-13,15,17-18H2,1H3/t26?,28?,31-/m1/s1. The Bertz CT molecular complexity index is 1670. The van der Waals surface area contributed by atoms with E-state index in [0.29, 0.717) is 50.2 Å². The Balaban J connectivity index is 1.55. The van der Waals surface area contributed by atoms with Crippen LogP contribution in [0.1, 0.15) is 63.9 Å². The summed E-state index contributed by atoms with van der Waals surface area (Å²) in [7, 11) is 0. The van der Waals surface area contributed by atoms with Crippen LogP contribution in [0.25, 0.3) is 0 Å². The lowest BCUT2D eigenvalue weighted by molar-refractivity contribution is -0.196. The van der Waals surface area contributed by atoms with Crippen LogP contribution >= 0.6 is 23.2 Å². The van der Waals surface area contributed by atoms with Gasteiger partial charge in [-0.05, 0) is 47.5 Å². The third-order valence-corrected chi connectivity index (χ3v) is 8.71. The number of amides is 2. The second kappa shape index (κ2) is 11.7. The summed E-state index contributed by atoms with van der Waals surface area (Å²) < 4.78 is 15.7. The SMILES string of the molecule is CC(=O)N1CCC1n1ccc(C(CO)c2cccc3c2[C@@](Cc2ccc(Cl)cn2)(c2ccc(Cl)cc2)N(OCF)C3=O)n1. The van der Waals surface area contributed by atoms with Gasteiger partial charge in [-0.15, -0.1) is 0 Å². The van der Waals surface area contributed by atoms with Crippen LogP contribution in [0.4, 0.5) is 4.39 Å². The number of benzene rings is 2. The zero-order chi connectivity index (χ0) is 30.3. The second-order valence-electron chi connectivity index (χ2n) is 10.6. The molecule has 2 aromatic carbocycles. The molecule has 4 aromatic rings. The maximum atomic E-state index is 14.0. The molecule has 2 aliphatic rings. The van der Waals surface area contributed by atoms with Crippen molar-refractivity contribution in [2.45, 2.75) is 37.4 Å². The molecule has 9 nitrogen and oxygen atoms in total. The molecule has 2 unspecified atom stereocenters.